The molecule has 1 amide bonds. The molecule has 1 aromatic heterocycles. The number of carbonyl (C=O) groups is 1. The topological polar surface area (TPSA) is 93.5 Å². The molecule has 2 heterocycles. The fourth-order valence-electron chi connectivity index (χ4n) is 3.39. The van der Waals surface area contributed by atoms with Crippen molar-refractivity contribution < 1.29 is 17.9 Å². The Bertz CT molecular complexity index is 1030. The third kappa shape index (κ3) is 5.72. The van der Waals surface area contributed by atoms with Crippen molar-refractivity contribution in [2.45, 2.75) is 62.4 Å². The van der Waals surface area contributed by atoms with Gasteiger partial charge in [-0.3, -0.25) is 4.79 Å². The lowest BCUT2D eigenvalue weighted by Crippen LogP contribution is -2.40. The number of anilines is 1. The molecule has 0 bridgehead atoms. The molecule has 0 aliphatic carbocycles. The monoisotopic (exact) mass is 480 g/mol. The lowest BCUT2D eigenvalue weighted by atomic mass is 10.3. The first-order valence-corrected chi connectivity index (χ1v) is 13.2. The minimum Gasteiger partial charge on any atom is -0.379 e. The molecule has 1 atom stereocenters. The second-order valence-corrected chi connectivity index (χ2v) is 11.1. The lowest BCUT2D eigenvalue weighted by Gasteiger charge is -2.26. The van der Waals surface area contributed by atoms with Crippen LogP contribution < -0.4 is 5.32 Å². The number of sulfonamides is 1. The third-order valence-corrected chi connectivity index (χ3v) is 8.54. The minimum absolute atomic E-state index is 0.154. The molecule has 1 aliphatic heterocycles. The molecule has 176 valence electrons. The van der Waals surface area contributed by atoms with Crippen LogP contribution in [-0.2, 0) is 26.1 Å². The molecule has 3 rings (SSSR count). The lowest BCUT2D eigenvalue weighted by molar-refractivity contribution is -0.115. The third-order valence-electron chi connectivity index (χ3n) is 5.54. The van der Waals surface area contributed by atoms with Gasteiger partial charge >= 0.3 is 0 Å². The van der Waals surface area contributed by atoms with Gasteiger partial charge in [0.05, 0.1) is 29.1 Å². The second kappa shape index (κ2) is 10.8. The molecule has 0 saturated carbocycles. The van der Waals surface area contributed by atoms with Gasteiger partial charge in [-0.25, -0.2) is 13.4 Å². The predicted molar refractivity (Wildman–Crippen MR) is 127 cm³/mol. The maximum absolute atomic E-state index is 12.8. The molecule has 1 saturated heterocycles. The zero-order valence-electron chi connectivity index (χ0n) is 19.1. The zero-order chi connectivity index (χ0) is 23.3. The number of unbranched alkanes of at least 4 members (excludes halogenated alkanes) is 1. The smallest absolute Gasteiger partial charge is 0.243 e. The van der Waals surface area contributed by atoms with Gasteiger partial charge in [0.25, 0.3) is 0 Å². The number of morpholine rings is 1. The summed E-state index contributed by atoms with van der Waals surface area (Å²) in [5.74, 6) is -0.154. The first-order chi connectivity index (χ1) is 15.2. The van der Waals surface area contributed by atoms with Gasteiger partial charge in [0.15, 0.2) is 5.16 Å². The summed E-state index contributed by atoms with van der Waals surface area (Å²) in [4.78, 5) is 17.6. The van der Waals surface area contributed by atoms with E-state index in [-0.39, 0.29) is 16.1 Å². The number of hydrogen-bond donors (Lipinski definition) is 1. The van der Waals surface area contributed by atoms with Gasteiger partial charge in [-0.2, -0.15) is 4.31 Å². The van der Waals surface area contributed by atoms with E-state index in [0.29, 0.717) is 32.0 Å². The van der Waals surface area contributed by atoms with E-state index in [4.69, 9.17) is 4.74 Å². The quantitative estimate of drug-likeness (QED) is 0.553. The highest BCUT2D eigenvalue weighted by atomic mass is 32.2. The number of aryl methyl sites for hydroxylation is 1. The van der Waals surface area contributed by atoms with Crippen LogP contribution in [0.5, 0.6) is 0 Å². The largest absolute Gasteiger partial charge is 0.379 e. The summed E-state index contributed by atoms with van der Waals surface area (Å²) < 4.78 is 34.3. The van der Waals surface area contributed by atoms with Crippen LogP contribution in [0.4, 0.5) is 5.69 Å². The molecule has 1 aromatic carbocycles. The number of carbonyl (C=O) groups excluding carboxylic acids is 1. The van der Waals surface area contributed by atoms with Crippen LogP contribution in [-0.4, -0.2) is 59.7 Å². The number of thioether (sulfide) groups is 1. The van der Waals surface area contributed by atoms with E-state index in [1.807, 2.05) is 13.8 Å². The first kappa shape index (κ1) is 24.8. The van der Waals surface area contributed by atoms with Crippen molar-refractivity contribution in [1.82, 2.24) is 13.9 Å². The highest BCUT2D eigenvalue weighted by Gasteiger charge is 2.26. The molecule has 10 heteroatoms. The Kier molecular flexibility index (Phi) is 8.37. The van der Waals surface area contributed by atoms with Crippen molar-refractivity contribution in [2.24, 2.45) is 0 Å². The number of rotatable bonds is 9. The van der Waals surface area contributed by atoms with Crippen LogP contribution in [0.1, 0.15) is 38.1 Å². The van der Waals surface area contributed by atoms with E-state index in [1.54, 1.807) is 12.1 Å². The van der Waals surface area contributed by atoms with Crippen LogP contribution in [0.25, 0.3) is 0 Å². The molecule has 1 aliphatic rings. The van der Waals surface area contributed by atoms with Gasteiger partial charge < -0.3 is 14.6 Å². The molecule has 0 unspecified atom stereocenters. The fourth-order valence-corrected chi connectivity index (χ4v) is 5.83. The first-order valence-electron chi connectivity index (χ1n) is 10.9. The summed E-state index contributed by atoms with van der Waals surface area (Å²) in [6.07, 6.45) is 2.15. The molecule has 2 aromatic rings. The zero-order valence-corrected chi connectivity index (χ0v) is 20.8. The van der Waals surface area contributed by atoms with Crippen molar-refractivity contribution >= 4 is 33.4 Å². The molecule has 1 fully saturated rings. The van der Waals surface area contributed by atoms with Gasteiger partial charge in [-0.1, -0.05) is 25.1 Å². The number of nitrogens with zero attached hydrogens (tertiary/aromatic N) is 3. The van der Waals surface area contributed by atoms with Gasteiger partial charge in [0.2, 0.25) is 15.9 Å². The van der Waals surface area contributed by atoms with Crippen molar-refractivity contribution in [3.8, 4) is 0 Å². The van der Waals surface area contributed by atoms with E-state index in [0.717, 1.165) is 35.9 Å². The van der Waals surface area contributed by atoms with Crippen LogP contribution in [0.15, 0.2) is 34.3 Å². The van der Waals surface area contributed by atoms with E-state index in [1.165, 1.54) is 28.2 Å². The van der Waals surface area contributed by atoms with Gasteiger partial charge in [-0.15, -0.1) is 0 Å². The number of hydrogen-bond acceptors (Lipinski definition) is 6. The molecule has 8 nitrogen and oxygen atoms in total. The van der Waals surface area contributed by atoms with Crippen molar-refractivity contribution in [1.29, 1.82) is 0 Å². The van der Waals surface area contributed by atoms with Crippen LogP contribution >= 0.6 is 11.8 Å². The van der Waals surface area contributed by atoms with Crippen molar-refractivity contribution in [3.63, 3.8) is 0 Å². The molecular formula is C22H32N4O4S2. The number of nitrogens with one attached hydrogen (secondary N) is 1. The fraction of sp³-hybridized carbons (Fsp3) is 0.545. The van der Waals surface area contributed by atoms with Gasteiger partial charge in [-0.05, 0) is 51.5 Å². The van der Waals surface area contributed by atoms with E-state index >= 15 is 0 Å². The van der Waals surface area contributed by atoms with Gasteiger partial charge in [0, 0.05) is 31.0 Å². The number of amides is 1. The Hall–Kier alpha value is -1.88. The van der Waals surface area contributed by atoms with E-state index < -0.39 is 10.0 Å². The average molecular weight is 481 g/mol. The standard InChI is InChI=1S/C22H32N4O4S2/c1-5-6-11-26-17(3)16(2)23-22(26)31-18(4)21(27)24-19-7-9-20(10-8-19)32(28,29)25-12-14-30-15-13-25/h7-10,18H,5-6,11-15H2,1-4H3,(H,24,27)/t18-/m1/s1. The Labute approximate surface area is 194 Å². The Morgan fingerprint density at radius 3 is 2.50 bits per heavy atom. The summed E-state index contributed by atoms with van der Waals surface area (Å²) in [6.45, 7) is 10.4. The number of ether oxygens (including phenoxy) is 1. The normalized spacial score (nSPS) is 16.1. The maximum Gasteiger partial charge on any atom is 0.243 e. The van der Waals surface area contributed by atoms with Crippen molar-refractivity contribution in [2.75, 3.05) is 31.6 Å². The Morgan fingerprint density at radius 1 is 1.22 bits per heavy atom. The van der Waals surface area contributed by atoms with Crippen LogP contribution in [0, 0.1) is 13.8 Å². The number of imidazole rings is 1. The summed E-state index contributed by atoms with van der Waals surface area (Å²) in [6, 6.07) is 6.31. The molecular weight excluding hydrogens is 448 g/mol. The highest BCUT2D eigenvalue weighted by molar-refractivity contribution is 8.00. The van der Waals surface area contributed by atoms with Gasteiger partial charge in [0.1, 0.15) is 0 Å². The molecule has 32 heavy (non-hydrogen) atoms. The number of benzene rings is 1. The van der Waals surface area contributed by atoms with E-state index in [9.17, 15) is 13.2 Å². The van der Waals surface area contributed by atoms with Crippen molar-refractivity contribution in [3.05, 3.63) is 35.7 Å². The summed E-state index contributed by atoms with van der Waals surface area (Å²) in [7, 11) is -3.55. The molecule has 1 N–H and O–H groups in total. The minimum atomic E-state index is -3.55. The number of aromatic nitrogens is 2. The summed E-state index contributed by atoms with van der Waals surface area (Å²) in [5.41, 5.74) is 2.67. The summed E-state index contributed by atoms with van der Waals surface area (Å²) >= 11 is 1.43. The van der Waals surface area contributed by atoms with Crippen LogP contribution in [0.3, 0.4) is 0 Å². The van der Waals surface area contributed by atoms with E-state index in [2.05, 4.69) is 28.7 Å². The Morgan fingerprint density at radius 2 is 1.88 bits per heavy atom. The maximum atomic E-state index is 12.8. The Balaban J connectivity index is 1.64. The SMILES string of the molecule is CCCCn1c(S[C@H](C)C(=O)Nc2ccc(S(=O)(=O)N3CCOCC3)cc2)nc(C)c1C. The average Bonchev–Trinajstić information content (AvgIpc) is 3.05. The van der Waals surface area contributed by atoms with Crippen LogP contribution in [0.2, 0.25) is 0 Å². The highest BCUT2D eigenvalue weighted by Crippen LogP contribution is 2.27. The predicted octanol–water partition coefficient (Wildman–Crippen LogP) is 3.44. The second-order valence-electron chi connectivity index (χ2n) is 7.86. The molecule has 0 radical (unpaired) electrons. The summed E-state index contributed by atoms with van der Waals surface area (Å²) in [5, 5.41) is 3.38. The molecule has 0 spiro atoms.